The average molecular weight is 296 g/mol. The quantitative estimate of drug-likeness (QED) is 0.854. The molecule has 0 unspecified atom stereocenters. The van der Waals surface area contributed by atoms with Gasteiger partial charge < -0.3 is 14.4 Å². The standard InChI is InChI=1S/C17H16N2O3/c1-17(21-9-10-22-17)13-5-4-7-15-12(13)11-19(15)16(20)14-6-2-3-8-18-14/h2-8H,9-11H2,1H3. The highest BCUT2D eigenvalue weighted by Gasteiger charge is 2.40. The first-order valence-corrected chi connectivity index (χ1v) is 7.32. The van der Waals surface area contributed by atoms with Gasteiger partial charge in [-0.05, 0) is 25.1 Å². The minimum Gasteiger partial charge on any atom is -0.344 e. The summed E-state index contributed by atoms with van der Waals surface area (Å²) in [5.41, 5.74) is 3.48. The van der Waals surface area contributed by atoms with Gasteiger partial charge in [0.05, 0.1) is 19.8 Å². The Kier molecular flexibility index (Phi) is 2.99. The van der Waals surface area contributed by atoms with E-state index < -0.39 is 5.79 Å². The van der Waals surface area contributed by atoms with E-state index in [4.69, 9.17) is 9.47 Å². The minimum absolute atomic E-state index is 0.0799. The summed E-state index contributed by atoms with van der Waals surface area (Å²) in [4.78, 5) is 18.4. The third-order valence-corrected chi connectivity index (χ3v) is 4.22. The van der Waals surface area contributed by atoms with Crippen molar-refractivity contribution in [2.75, 3.05) is 18.1 Å². The number of hydrogen-bond acceptors (Lipinski definition) is 4. The SMILES string of the molecule is CC1(c2cccc3c2CN3C(=O)c2ccccn2)OCCO1. The number of nitrogens with zero attached hydrogens (tertiary/aromatic N) is 2. The van der Waals surface area contributed by atoms with Gasteiger partial charge in [0, 0.05) is 23.0 Å². The van der Waals surface area contributed by atoms with Crippen molar-refractivity contribution in [3.63, 3.8) is 0 Å². The van der Waals surface area contributed by atoms with Crippen molar-refractivity contribution in [3.05, 3.63) is 59.4 Å². The third-order valence-electron chi connectivity index (χ3n) is 4.22. The molecule has 0 atom stereocenters. The third kappa shape index (κ3) is 1.94. The van der Waals surface area contributed by atoms with Crippen molar-refractivity contribution < 1.29 is 14.3 Å². The van der Waals surface area contributed by atoms with Crippen LogP contribution in [0, 0.1) is 0 Å². The summed E-state index contributed by atoms with van der Waals surface area (Å²) < 4.78 is 11.5. The molecular formula is C17H16N2O3. The van der Waals surface area contributed by atoms with E-state index in [0.717, 1.165) is 16.8 Å². The normalized spacial score (nSPS) is 18.7. The number of anilines is 1. The predicted octanol–water partition coefficient (Wildman–Crippen LogP) is 2.46. The Bertz CT molecular complexity index is 724. The Morgan fingerprint density at radius 1 is 1.18 bits per heavy atom. The summed E-state index contributed by atoms with van der Waals surface area (Å²) in [5.74, 6) is -0.783. The fourth-order valence-electron chi connectivity index (χ4n) is 3.05. The first kappa shape index (κ1) is 13.4. The van der Waals surface area contributed by atoms with Gasteiger partial charge in [0.25, 0.3) is 5.91 Å². The van der Waals surface area contributed by atoms with Crippen LogP contribution in [0.5, 0.6) is 0 Å². The second-order valence-electron chi connectivity index (χ2n) is 5.55. The topological polar surface area (TPSA) is 51.7 Å². The number of ether oxygens (including phenoxy) is 2. The van der Waals surface area contributed by atoms with E-state index in [2.05, 4.69) is 4.98 Å². The zero-order valence-corrected chi connectivity index (χ0v) is 12.3. The van der Waals surface area contributed by atoms with Crippen LogP contribution in [0.1, 0.15) is 28.5 Å². The van der Waals surface area contributed by atoms with Gasteiger partial charge in [-0.2, -0.15) is 0 Å². The lowest BCUT2D eigenvalue weighted by molar-refractivity contribution is -0.150. The number of carbonyl (C=O) groups is 1. The molecule has 5 heteroatoms. The van der Waals surface area contributed by atoms with Gasteiger partial charge in [-0.1, -0.05) is 18.2 Å². The van der Waals surface area contributed by atoms with Crippen LogP contribution in [0.4, 0.5) is 5.69 Å². The van der Waals surface area contributed by atoms with Gasteiger partial charge in [0.1, 0.15) is 5.69 Å². The van der Waals surface area contributed by atoms with Crippen LogP contribution in [0.15, 0.2) is 42.6 Å². The first-order chi connectivity index (χ1) is 10.7. The average Bonchev–Trinajstić information content (AvgIpc) is 2.97. The number of carbonyl (C=O) groups excluding carboxylic acids is 1. The Labute approximate surface area is 128 Å². The van der Waals surface area contributed by atoms with E-state index in [1.807, 2.05) is 31.2 Å². The molecule has 1 aromatic carbocycles. The molecule has 2 aromatic rings. The monoisotopic (exact) mass is 296 g/mol. The number of pyridine rings is 1. The lowest BCUT2D eigenvalue weighted by Gasteiger charge is -2.38. The Balaban J connectivity index is 1.66. The maximum atomic E-state index is 12.5. The maximum absolute atomic E-state index is 12.5. The summed E-state index contributed by atoms with van der Waals surface area (Å²) in [6.45, 7) is 3.68. The molecular weight excluding hydrogens is 280 g/mol. The minimum atomic E-state index is -0.703. The lowest BCUT2D eigenvalue weighted by Crippen LogP contribution is -2.41. The van der Waals surface area contributed by atoms with Crippen LogP contribution in [0.2, 0.25) is 0 Å². The second kappa shape index (κ2) is 4.90. The molecule has 2 aliphatic rings. The van der Waals surface area contributed by atoms with Crippen molar-refractivity contribution in [1.82, 2.24) is 4.98 Å². The zero-order chi connectivity index (χ0) is 15.2. The molecule has 112 valence electrons. The van der Waals surface area contributed by atoms with E-state index >= 15 is 0 Å². The summed E-state index contributed by atoms with van der Waals surface area (Å²) >= 11 is 0. The summed E-state index contributed by atoms with van der Waals surface area (Å²) in [7, 11) is 0. The zero-order valence-electron chi connectivity index (χ0n) is 12.3. The molecule has 0 saturated carbocycles. The van der Waals surface area contributed by atoms with Gasteiger partial charge in [-0.25, -0.2) is 0 Å². The molecule has 0 radical (unpaired) electrons. The lowest BCUT2D eigenvalue weighted by atomic mass is 9.92. The molecule has 1 fully saturated rings. The van der Waals surface area contributed by atoms with Crippen molar-refractivity contribution >= 4 is 11.6 Å². The summed E-state index contributed by atoms with van der Waals surface area (Å²) in [6.07, 6.45) is 1.63. The van der Waals surface area contributed by atoms with Crippen LogP contribution in [0.25, 0.3) is 0 Å². The smallest absolute Gasteiger partial charge is 0.277 e. The Morgan fingerprint density at radius 3 is 2.73 bits per heavy atom. The number of hydrogen-bond donors (Lipinski definition) is 0. The molecule has 0 aliphatic carbocycles. The number of aromatic nitrogens is 1. The predicted molar refractivity (Wildman–Crippen MR) is 80.4 cm³/mol. The molecule has 5 nitrogen and oxygen atoms in total. The molecule has 0 N–H and O–H groups in total. The van der Waals surface area contributed by atoms with Crippen molar-refractivity contribution in [1.29, 1.82) is 0 Å². The van der Waals surface area contributed by atoms with Crippen LogP contribution < -0.4 is 4.90 Å². The molecule has 1 aromatic heterocycles. The van der Waals surface area contributed by atoms with Gasteiger partial charge >= 0.3 is 0 Å². The van der Waals surface area contributed by atoms with E-state index in [0.29, 0.717) is 25.5 Å². The van der Waals surface area contributed by atoms with E-state index in [1.165, 1.54) is 0 Å². The number of rotatable bonds is 2. The number of amides is 1. The van der Waals surface area contributed by atoms with E-state index in [1.54, 1.807) is 23.2 Å². The molecule has 2 aliphatic heterocycles. The highest BCUT2D eigenvalue weighted by molar-refractivity contribution is 6.07. The molecule has 0 bridgehead atoms. The Hall–Kier alpha value is -2.24. The van der Waals surface area contributed by atoms with Gasteiger partial charge in [-0.3, -0.25) is 9.78 Å². The van der Waals surface area contributed by atoms with Crippen LogP contribution in [0.3, 0.4) is 0 Å². The molecule has 1 saturated heterocycles. The number of fused-ring (bicyclic) bond motifs is 1. The van der Waals surface area contributed by atoms with Crippen molar-refractivity contribution in [3.8, 4) is 0 Å². The number of benzene rings is 1. The summed E-state index contributed by atoms with van der Waals surface area (Å²) in [5, 5.41) is 0. The van der Waals surface area contributed by atoms with Crippen LogP contribution in [-0.2, 0) is 21.8 Å². The summed E-state index contributed by atoms with van der Waals surface area (Å²) in [6, 6.07) is 11.2. The molecule has 4 rings (SSSR count). The van der Waals surface area contributed by atoms with Crippen molar-refractivity contribution in [2.24, 2.45) is 0 Å². The molecule has 1 amide bonds. The largest absolute Gasteiger partial charge is 0.344 e. The van der Waals surface area contributed by atoms with E-state index in [-0.39, 0.29) is 5.91 Å². The van der Waals surface area contributed by atoms with Gasteiger partial charge in [0.2, 0.25) is 0 Å². The Morgan fingerprint density at radius 2 is 2.00 bits per heavy atom. The molecule has 3 heterocycles. The highest BCUT2D eigenvalue weighted by Crippen LogP contribution is 2.43. The highest BCUT2D eigenvalue weighted by atomic mass is 16.7. The van der Waals surface area contributed by atoms with Crippen LogP contribution >= 0.6 is 0 Å². The van der Waals surface area contributed by atoms with Gasteiger partial charge in [-0.15, -0.1) is 0 Å². The first-order valence-electron chi connectivity index (χ1n) is 7.32. The second-order valence-corrected chi connectivity index (χ2v) is 5.55. The van der Waals surface area contributed by atoms with Crippen molar-refractivity contribution in [2.45, 2.75) is 19.3 Å². The molecule has 0 spiro atoms. The van der Waals surface area contributed by atoms with Crippen LogP contribution in [-0.4, -0.2) is 24.1 Å². The van der Waals surface area contributed by atoms with Gasteiger partial charge in [0.15, 0.2) is 5.79 Å². The molecule has 22 heavy (non-hydrogen) atoms. The fourth-order valence-corrected chi connectivity index (χ4v) is 3.05. The van der Waals surface area contributed by atoms with E-state index in [9.17, 15) is 4.79 Å². The fraction of sp³-hybridized carbons (Fsp3) is 0.294. The maximum Gasteiger partial charge on any atom is 0.277 e.